The van der Waals surface area contributed by atoms with E-state index in [2.05, 4.69) is 11.9 Å². The third-order valence-corrected chi connectivity index (χ3v) is 2.98. The average Bonchev–Trinajstić information content (AvgIpc) is 2.27. The average molecular weight is 241 g/mol. The van der Waals surface area contributed by atoms with Crippen LogP contribution < -0.4 is 5.32 Å². The first-order valence-corrected chi connectivity index (χ1v) is 5.83. The summed E-state index contributed by atoms with van der Waals surface area (Å²) >= 11 is 0. The van der Waals surface area contributed by atoms with Crippen LogP contribution in [0.25, 0.3) is 0 Å². The number of ketones is 1. The monoisotopic (exact) mass is 241 g/mol. The number of ether oxygens (including phenoxy) is 1. The van der Waals surface area contributed by atoms with Crippen molar-refractivity contribution in [2.24, 2.45) is 0 Å². The topological polar surface area (TPSA) is 55.4 Å². The Hall–Kier alpha value is -1.16. The van der Waals surface area contributed by atoms with E-state index in [9.17, 15) is 9.59 Å². The summed E-state index contributed by atoms with van der Waals surface area (Å²) < 4.78 is 5.64. The van der Waals surface area contributed by atoms with Crippen molar-refractivity contribution in [1.29, 1.82) is 0 Å². The second kappa shape index (κ2) is 6.55. The molecule has 0 saturated heterocycles. The highest BCUT2D eigenvalue weighted by molar-refractivity contribution is 5.96. The van der Waals surface area contributed by atoms with Gasteiger partial charge in [-0.2, -0.15) is 0 Å². The molecule has 0 radical (unpaired) electrons. The molecule has 98 valence electrons. The van der Waals surface area contributed by atoms with E-state index in [4.69, 9.17) is 4.74 Å². The summed E-state index contributed by atoms with van der Waals surface area (Å²) in [6, 6.07) is 0. The zero-order valence-corrected chi connectivity index (χ0v) is 11.2. The number of carbonyl (C=O) groups is 2. The Kier molecular flexibility index (Phi) is 6.10. The molecule has 0 aliphatic rings. The summed E-state index contributed by atoms with van der Waals surface area (Å²) in [4.78, 5) is 22.0. The molecule has 4 heteroatoms. The van der Waals surface area contributed by atoms with Crippen molar-refractivity contribution >= 4 is 12.2 Å². The van der Waals surface area contributed by atoms with Crippen LogP contribution >= 0.6 is 0 Å². The Bertz CT molecular complexity index is 286. The third kappa shape index (κ3) is 5.13. The molecule has 0 aliphatic heterocycles. The number of hydrogen-bond donors (Lipinski definition) is 1. The van der Waals surface area contributed by atoms with Crippen molar-refractivity contribution in [2.75, 3.05) is 6.61 Å². The third-order valence-electron chi connectivity index (χ3n) is 2.98. The van der Waals surface area contributed by atoms with E-state index in [1.807, 2.05) is 20.8 Å². The van der Waals surface area contributed by atoms with Crippen LogP contribution in [0.5, 0.6) is 0 Å². The maximum atomic E-state index is 11.6. The number of rotatable bonds is 9. The van der Waals surface area contributed by atoms with Gasteiger partial charge in [0, 0.05) is 5.54 Å². The van der Waals surface area contributed by atoms with Crippen molar-refractivity contribution in [3.63, 3.8) is 0 Å². The van der Waals surface area contributed by atoms with Crippen LogP contribution in [-0.2, 0) is 14.3 Å². The quantitative estimate of drug-likeness (QED) is 0.495. The van der Waals surface area contributed by atoms with E-state index in [0.29, 0.717) is 25.9 Å². The van der Waals surface area contributed by atoms with Gasteiger partial charge in [0.05, 0.1) is 6.61 Å². The summed E-state index contributed by atoms with van der Waals surface area (Å²) in [5.74, 6) is -0.110. The SMILES string of the molecule is C=CC(=O)C(C)(CC)OCCC(C)(C)NC=O. The van der Waals surface area contributed by atoms with Crippen molar-refractivity contribution in [3.05, 3.63) is 12.7 Å². The van der Waals surface area contributed by atoms with Crippen molar-refractivity contribution in [2.45, 2.75) is 51.7 Å². The van der Waals surface area contributed by atoms with E-state index < -0.39 is 5.60 Å². The number of carbonyl (C=O) groups excluding carboxylic acids is 2. The first kappa shape index (κ1) is 15.8. The Morgan fingerprint density at radius 1 is 1.41 bits per heavy atom. The van der Waals surface area contributed by atoms with Gasteiger partial charge in [0.15, 0.2) is 5.78 Å². The molecule has 4 nitrogen and oxygen atoms in total. The number of amides is 1. The lowest BCUT2D eigenvalue weighted by atomic mass is 9.96. The van der Waals surface area contributed by atoms with Gasteiger partial charge in [0.25, 0.3) is 0 Å². The van der Waals surface area contributed by atoms with Crippen LogP contribution in [0.4, 0.5) is 0 Å². The normalized spacial score (nSPS) is 14.8. The van der Waals surface area contributed by atoms with E-state index in [-0.39, 0.29) is 11.3 Å². The minimum absolute atomic E-state index is 0.110. The van der Waals surface area contributed by atoms with Crippen LogP contribution in [0.15, 0.2) is 12.7 Å². The molecule has 0 heterocycles. The summed E-state index contributed by atoms with van der Waals surface area (Å²) in [7, 11) is 0. The molecule has 0 fully saturated rings. The highest BCUT2D eigenvalue weighted by Gasteiger charge is 2.30. The van der Waals surface area contributed by atoms with Gasteiger partial charge < -0.3 is 10.1 Å². The molecule has 0 rings (SSSR count). The summed E-state index contributed by atoms with van der Waals surface area (Å²) in [6.07, 6.45) is 3.21. The summed E-state index contributed by atoms with van der Waals surface area (Å²) in [5.41, 5.74) is -1.13. The second-order valence-corrected chi connectivity index (χ2v) is 4.90. The molecule has 0 saturated carbocycles. The van der Waals surface area contributed by atoms with Crippen LogP contribution in [0.2, 0.25) is 0 Å². The molecule has 1 amide bonds. The highest BCUT2D eigenvalue weighted by atomic mass is 16.5. The lowest BCUT2D eigenvalue weighted by Gasteiger charge is -2.29. The largest absolute Gasteiger partial charge is 0.367 e. The van der Waals surface area contributed by atoms with Crippen LogP contribution in [0.1, 0.15) is 40.5 Å². The molecule has 17 heavy (non-hydrogen) atoms. The van der Waals surface area contributed by atoms with Gasteiger partial charge in [-0.1, -0.05) is 13.5 Å². The lowest BCUT2D eigenvalue weighted by Crippen LogP contribution is -2.42. The minimum Gasteiger partial charge on any atom is -0.367 e. The minimum atomic E-state index is -0.807. The Morgan fingerprint density at radius 2 is 2.00 bits per heavy atom. The lowest BCUT2D eigenvalue weighted by molar-refractivity contribution is -0.138. The maximum absolute atomic E-state index is 11.6. The van der Waals surface area contributed by atoms with Crippen LogP contribution in [-0.4, -0.2) is 29.9 Å². The molecular weight excluding hydrogens is 218 g/mol. The van der Waals surface area contributed by atoms with Gasteiger partial charge in [0.2, 0.25) is 6.41 Å². The van der Waals surface area contributed by atoms with Gasteiger partial charge in [-0.3, -0.25) is 9.59 Å². The maximum Gasteiger partial charge on any atom is 0.207 e. The molecule has 1 atom stereocenters. The molecule has 0 aromatic heterocycles. The van der Waals surface area contributed by atoms with Crippen molar-refractivity contribution in [3.8, 4) is 0 Å². The molecule has 1 N–H and O–H groups in total. The first-order chi connectivity index (χ1) is 7.81. The Balaban J connectivity index is 4.30. The highest BCUT2D eigenvalue weighted by Crippen LogP contribution is 2.19. The van der Waals surface area contributed by atoms with Gasteiger partial charge in [-0.05, 0) is 39.7 Å². The van der Waals surface area contributed by atoms with Crippen LogP contribution in [0, 0.1) is 0 Å². The fourth-order valence-electron chi connectivity index (χ4n) is 1.33. The molecule has 0 bridgehead atoms. The van der Waals surface area contributed by atoms with Gasteiger partial charge in [0.1, 0.15) is 5.60 Å². The second-order valence-electron chi connectivity index (χ2n) is 4.90. The smallest absolute Gasteiger partial charge is 0.207 e. The fraction of sp³-hybridized carbons (Fsp3) is 0.692. The van der Waals surface area contributed by atoms with E-state index in [1.165, 1.54) is 6.08 Å². The Labute approximate surface area is 103 Å². The molecular formula is C13H23NO3. The molecule has 0 spiro atoms. The standard InChI is InChI=1S/C13H23NO3/c1-6-11(16)13(5,7-2)17-9-8-12(3,4)14-10-15/h6,10H,1,7-9H2,2-5H3,(H,14,15). The predicted octanol–water partition coefficient (Wildman–Crippen LogP) is 1.84. The van der Waals surface area contributed by atoms with Crippen LogP contribution in [0.3, 0.4) is 0 Å². The molecule has 0 aliphatic carbocycles. The van der Waals surface area contributed by atoms with Gasteiger partial charge in [-0.25, -0.2) is 0 Å². The summed E-state index contributed by atoms with van der Waals surface area (Å²) in [6.45, 7) is 11.4. The molecule has 0 aromatic carbocycles. The summed E-state index contributed by atoms with van der Waals surface area (Å²) in [5, 5.41) is 2.70. The Morgan fingerprint density at radius 3 is 2.41 bits per heavy atom. The van der Waals surface area contributed by atoms with E-state index in [0.717, 1.165) is 0 Å². The molecule has 1 unspecified atom stereocenters. The first-order valence-electron chi connectivity index (χ1n) is 5.83. The van der Waals surface area contributed by atoms with Crippen molar-refractivity contribution < 1.29 is 14.3 Å². The van der Waals surface area contributed by atoms with Gasteiger partial charge >= 0.3 is 0 Å². The number of nitrogens with one attached hydrogen (secondary N) is 1. The zero-order chi connectivity index (χ0) is 13.5. The fourth-order valence-corrected chi connectivity index (χ4v) is 1.33. The van der Waals surface area contributed by atoms with E-state index in [1.54, 1.807) is 6.92 Å². The van der Waals surface area contributed by atoms with Crippen molar-refractivity contribution in [1.82, 2.24) is 5.32 Å². The predicted molar refractivity (Wildman–Crippen MR) is 67.7 cm³/mol. The van der Waals surface area contributed by atoms with Gasteiger partial charge in [-0.15, -0.1) is 0 Å². The van der Waals surface area contributed by atoms with E-state index >= 15 is 0 Å². The molecule has 0 aromatic rings. The number of hydrogen-bond acceptors (Lipinski definition) is 3. The zero-order valence-electron chi connectivity index (χ0n) is 11.2.